The highest BCUT2D eigenvalue weighted by molar-refractivity contribution is 4.51. The quantitative estimate of drug-likeness (QED) is 0.505. The molecule has 0 aromatic carbocycles. The first-order valence-electron chi connectivity index (χ1n) is 3.32. The summed E-state index contributed by atoms with van der Waals surface area (Å²) < 4.78 is 0. The third kappa shape index (κ3) is 2.72. The highest BCUT2D eigenvalue weighted by atomic mass is 17.6. The van der Waals surface area contributed by atoms with Crippen molar-refractivity contribution in [3.63, 3.8) is 0 Å². The minimum absolute atomic E-state index is 0.951. The molecule has 0 atom stereocenters. The fourth-order valence-corrected chi connectivity index (χ4v) is 0.409. The minimum atomic E-state index is -0.951. The SMILES string of the molecule is CC1(C)OOOC(C)(C)OO1. The first kappa shape index (κ1) is 8.89. The van der Waals surface area contributed by atoms with E-state index in [1.54, 1.807) is 27.7 Å². The summed E-state index contributed by atoms with van der Waals surface area (Å²) >= 11 is 0. The van der Waals surface area contributed by atoms with E-state index in [2.05, 4.69) is 14.8 Å². The number of rotatable bonds is 0. The molecule has 0 aromatic rings. The average molecular weight is 164 g/mol. The second-order valence-corrected chi connectivity index (χ2v) is 3.20. The van der Waals surface area contributed by atoms with Gasteiger partial charge in [-0.05, 0) is 27.7 Å². The smallest absolute Gasteiger partial charge is 0.195 e. The molecule has 1 aliphatic heterocycles. The highest BCUT2D eigenvalue weighted by Gasteiger charge is 2.34. The fourth-order valence-electron chi connectivity index (χ4n) is 0.409. The van der Waals surface area contributed by atoms with Crippen molar-refractivity contribution < 1.29 is 24.6 Å². The van der Waals surface area contributed by atoms with Crippen molar-refractivity contribution in [3.8, 4) is 0 Å². The van der Waals surface area contributed by atoms with Gasteiger partial charge in [0.15, 0.2) is 0 Å². The molecule has 0 aliphatic carbocycles. The predicted molar refractivity (Wildman–Crippen MR) is 33.6 cm³/mol. The van der Waals surface area contributed by atoms with E-state index in [0.717, 1.165) is 0 Å². The van der Waals surface area contributed by atoms with Crippen molar-refractivity contribution in [1.82, 2.24) is 0 Å². The Morgan fingerprint density at radius 2 is 1.00 bits per heavy atom. The molecule has 1 fully saturated rings. The Morgan fingerprint density at radius 1 is 0.636 bits per heavy atom. The predicted octanol–water partition coefficient (Wildman–Crippen LogP) is 1.30. The lowest BCUT2D eigenvalue weighted by Crippen LogP contribution is -2.29. The number of hydrogen-bond acceptors (Lipinski definition) is 5. The lowest BCUT2D eigenvalue weighted by Gasteiger charge is -2.19. The second-order valence-electron chi connectivity index (χ2n) is 3.20. The minimum Gasteiger partial charge on any atom is -0.195 e. The van der Waals surface area contributed by atoms with Crippen LogP contribution in [0.4, 0.5) is 0 Å². The average Bonchev–Trinajstić information content (AvgIpc) is 1.92. The first-order valence-corrected chi connectivity index (χ1v) is 3.32. The van der Waals surface area contributed by atoms with E-state index in [0.29, 0.717) is 0 Å². The number of hydrogen-bond donors (Lipinski definition) is 0. The molecule has 66 valence electrons. The van der Waals surface area contributed by atoms with Crippen molar-refractivity contribution in [1.29, 1.82) is 0 Å². The van der Waals surface area contributed by atoms with Gasteiger partial charge in [-0.1, -0.05) is 5.04 Å². The second kappa shape index (κ2) is 2.69. The molecule has 0 N–H and O–H groups in total. The van der Waals surface area contributed by atoms with Gasteiger partial charge in [-0.25, -0.2) is 0 Å². The summed E-state index contributed by atoms with van der Waals surface area (Å²) in [5.74, 6) is -1.90. The van der Waals surface area contributed by atoms with Crippen LogP contribution in [0.3, 0.4) is 0 Å². The third-order valence-electron chi connectivity index (χ3n) is 0.912. The maximum absolute atomic E-state index is 4.83. The van der Waals surface area contributed by atoms with Gasteiger partial charge >= 0.3 is 0 Å². The molecule has 11 heavy (non-hydrogen) atoms. The van der Waals surface area contributed by atoms with Crippen LogP contribution in [-0.2, 0) is 24.6 Å². The van der Waals surface area contributed by atoms with Crippen LogP contribution in [0.25, 0.3) is 0 Å². The Labute approximate surface area is 64.9 Å². The molecule has 0 amide bonds. The van der Waals surface area contributed by atoms with Gasteiger partial charge in [0.2, 0.25) is 11.6 Å². The van der Waals surface area contributed by atoms with Crippen molar-refractivity contribution in [2.45, 2.75) is 39.3 Å². The molecule has 0 radical (unpaired) electrons. The van der Waals surface area contributed by atoms with Crippen LogP contribution >= 0.6 is 0 Å². The summed E-state index contributed by atoms with van der Waals surface area (Å²) in [6.45, 7) is 6.55. The van der Waals surface area contributed by atoms with Gasteiger partial charge < -0.3 is 0 Å². The summed E-state index contributed by atoms with van der Waals surface area (Å²) in [5.41, 5.74) is 0. The molecule has 1 aliphatic rings. The Bertz CT molecular complexity index is 126. The van der Waals surface area contributed by atoms with Crippen molar-refractivity contribution in [2.24, 2.45) is 0 Å². The molecule has 0 spiro atoms. The lowest BCUT2D eigenvalue weighted by molar-refractivity contribution is -0.566. The van der Waals surface area contributed by atoms with Gasteiger partial charge in [-0.15, -0.1) is 0 Å². The van der Waals surface area contributed by atoms with Crippen molar-refractivity contribution in [3.05, 3.63) is 0 Å². The zero-order valence-electron chi connectivity index (χ0n) is 7.04. The molecule has 1 heterocycles. The first-order chi connectivity index (χ1) is 4.91. The lowest BCUT2D eigenvalue weighted by atomic mass is 10.4. The summed E-state index contributed by atoms with van der Waals surface area (Å²) in [4.78, 5) is 19.0. The Hall–Kier alpha value is -0.200. The maximum Gasteiger partial charge on any atom is 0.231 e. The van der Waals surface area contributed by atoms with Crippen LogP contribution in [0.5, 0.6) is 0 Å². The Kier molecular flexibility index (Phi) is 2.17. The molecule has 0 aromatic heterocycles. The summed E-state index contributed by atoms with van der Waals surface area (Å²) in [7, 11) is 0. The normalized spacial score (nSPS) is 29.5. The summed E-state index contributed by atoms with van der Waals surface area (Å²) in [6, 6.07) is 0. The monoisotopic (exact) mass is 164 g/mol. The largest absolute Gasteiger partial charge is 0.231 e. The summed E-state index contributed by atoms with van der Waals surface area (Å²) in [5, 5.41) is 4.38. The van der Waals surface area contributed by atoms with Crippen molar-refractivity contribution in [2.75, 3.05) is 0 Å². The maximum atomic E-state index is 4.83. The van der Waals surface area contributed by atoms with E-state index in [4.69, 9.17) is 9.78 Å². The van der Waals surface area contributed by atoms with Crippen LogP contribution in [0.15, 0.2) is 0 Å². The molecule has 0 saturated carbocycles. The molecule has 1 saturated heterocycles. The highest BCUT2D eigenvalue weighted by Crippen LogP contribution is 2.23. The van der Waals surface area contributed by atoms with Crippen LogP contribution < -0.4 is 0 Å². The van der Waals surface area contributed by atoms with Crippen LogP contribution in [0.2, 0.25) is 0 Å². The zero-order chi connectivity index (χ0) is 8.54. The van der Waals surface area contributed by atoms with Crippen LogP contribution in [0, 0.1) is 0 Å². The topological polar surface area (TPSA) is 46.2 Å². The molecular weight excluding hydrogens is 152 g/mol. The van der Waals surface area contributed by atoms with Gasteiger partial charge in [0.05, 0.1) is 0 Å². The van der Waals surface area contributed by atoms with E-state index in [1.165, 1.54) is 0 Å². The van der Waals surface area contributed by atoms with E-state index < -0.39 is 11.6 Å². The van der Waals surface area contributed by atoms with E-state index in [1.807, 2.05) is 0 Å². The van der Waals surface area contributed by atoms with Crippen molar-refractivity contribution >= 4 is 0 Å². The fraction of sp³-hybridized carbons (Fsp3) is 1.00. The van der Waals surface area contributed by atoms with Gasteiger partial charge in [-0.2, -0.15) is 19.6 Å². The van der Waals surface area contributed by atoms with Gasteiger partial charge in [-0.3, -0.25) is 0 Å². The van der Waals surface area contributed by atoms with E-state index >= 15 is 0 Å². The molecule has 5 heteroatoms. The molecule has 5 nitrogen and oxygen atoms in total. The van der Waals surface area contributed by atoms with E-state index in [9.17, 15) is 0 Å². The zero-order valence-corrected chi connectivity index (χ0v) is 7.04. The van der Waals surface area contributed by atoms with E-state index in [-0.39, 0.29) is 0 Å². The van der Waals surface area contributed by atoms with Gasteiger partial charge in [0.25, 0.3) is 0 Å². The van der Waals surface area contributed by atoms with Crippen LogP contribution in [-0.4, -0.2) is 11.6 Å². The van der Waals surface area contributed by atoms with Gasteiger partial charge in [0.1, 0.15) is 0 Å². The Morgan fingerprint density at radius 3 is 1.36 bits per heavy atom. The van der Waals surface area contributed by atoms with Crippen LogP contribution in [0.1, 0.15) is 27.7 Å². The molecular formula is C6H12O5. The molecule has 1 rings (SSSR count). The third-order valence-corrected chi connectivity index (χ3v) is 0.912. The standard InChI is InChI=1S/C6H12O5/c1-5(2)7-8-6(3,4)10-11-9-5/h1-4H3. The molecule has 0 bridgehead atoms. The Balaban J connectivity index is 2.53. The summed E-state index contributed by atoms with van der Waals surface area (Å²) in [6.07, 6.45) is 0. The molecule has 0 unspecified atom stereocenters. The van der Waals surface area contributed by atoms with Gasteiger partial charge in [0, 0.05) is 0 Å².